The number of hydrogen-bond acceptors (Lipinski definition) is 5. The van der Waals surface area contributed by atoms with E-state index in [2.05, 4.69) is 14.4 Å². The Morgan fingerprint density at radius 1 is 1.53 bits per heavy atom. The fourth-order valence-electron chi connectivity index (χ4n) is 1.72. The van der Waals surface area contributed by atoms with Gasteiger partial charge in [0.25, 0.3) is 0 Å². The standard InChI is InChI=1S/C11H16N4O3S/c1-2-15-8-11(5-10(15)6-12)19(16,17)13-7-9-3-4-18-14-9/h3-5,8,13H,2,6-7,12H2,1H3. The zero-order chi connectivity index (χ0) is 13.9. The van der Waals surface area contributed by atoms with Crippen molar-refractivity contribution in [3.05, 3.63) is 36.0 Å². The molecule has 0 saturated heterocycles. The van der Waals surface area contributed by atoms with Gasteiger partial charge in [-0.3, -0.25) is 0 Å². The minimum atomic E-state index is -3.57. The number of aromatic nitrogens is 2. The van der Waals surface area contributed by atoms with E-state index in [9.17, 15) is 8.42 Å². The molecule has 0 aromatic carbocycles. The van der Waals surface area contributed by atoms with Crippen molar-refractivity contribution >= 4 is 10.0 Å². The molecule has 0 aliphatic heterocycles. The zero-order valence-corrected chi connectivity index (χ0v) is 11.4. The lowest BCUT2D eigenvalue weighted by Crippen LogP contribution is -2.23. The second-order valence-corrected chi connectivity index (χ2v) is 5.74. The second kappa shape index (κ2) is 5.55. The summed E-state index contributed by atoms with van der Waals surface area (Å²) in [4.78, 5) is 0.207. The van der Waals surface area contributed by atoms with Gasteiger partial charge in [-0.25, -0.2) is 13.1 Å². The Balaban J connectivity index is 2.17. The van der Waals surface area contributed by atoms with Crippen molar-refractivity contribution in [3.63, 3.8) is 0 Å². The van der Waals surface area contributed by atoms with Crippen molar-refractivity contribution in [1.29, 1.82) is 0 Å². The van der Waals surface area contributed by atoms with Gasteiger partial charge in [0.05, 0.1) is 17.1 Å². The maximum absolute atomic E-state index is 12.1. The molecule has 104 valence electrons. The minimum Gasteiger partial charge on any atom is -0.364 e. The van der Waals surface area contributed by atoms with Gasteiger partial charge in [-0.2, -0.15) is 0 Å². The van der Waals surface area contributed by atoms with Crippen LogP contribution in [0.25, 0.3) is 0 Å². The average molecular weight is 284 g/mol. The van der Waals surface area contributed by atoms with Crippen LogP contribution in [0.15, 0.2) is 34.0 Å². The lowest BCUT2D eigenvalue weighted by Gasteiger charge is -2.02. The van der Waals surface area contributed by atoms with Gasteiger partial charge < -0.3 is 14.8 Å². The molecule has 0 unspecified atom stereocenters. The van der Waals surface area contributed by atoms with Crippen LogP contribution in [0.2, 0.25) is 0 Å². The fourth-order valence-corrected chi connectivity index (χ4v) is 2.78. The molecule has 0 spiro atoms. The van der Waals surface area contributed by atoms with E-state index in [1.165, 1.54) is 6.26 Å². The molecule has 2 aromatic rings. The van der Waals surface area contributed by atoms with Gasteiger partial charge in [0.2, 0.25) is 10.0 Å². The van der Waals surface area contributed by atoms with E-state index in [1.807, 2.05) is 11.5 Å². The van der Waals surface area contributed by atoms with Crippen LogP contribution in [-0.4, -0.2) is 18.1 Å². The van der Waals surface area contributed by atoms with Gasteiger partial charge in [0.1, 0.15) is 6.26 Å². The molecule has 2 heterocycles. The number of rotatable bonds is 6. The molecule has 8 heteroatoms. The van der Waals surface area contributed by atoms with Gasteiger partial charge in [0, 0.05) is 31.0 Å². The van der Waals surface area contributed by atoms with Crippen LogP contribution in [0, 0.1) is 0 Å². The predicted molar refractivity (Wildman–Crippen MR) is 68.5 cm³/mol. The van der Waals surface area contributed by atoms with E-state index in [1.54, 1.807) is 18.3 Å². The number of nitrogens with zero attached hydrogens (tertiary/aromatic N) is 2. The smallest absolute Gasteiger partial charge is 0.242 e. The summed E-state index contributed by atoms with van der Waals surface area (Å²) in [6.07, 6.45) is 2.97. The highest BCUT2D eigenvalue weighted by Gasteiger charge is 2.17. The van der Waals surface area contributed by atoms with Crippen LogP contribution >= 0.6 is 0 Å². The Kier molecular flexibility index (Phi) is 4.03. The third-order valence-electron chi connectivity index (χ3n) is 2.76. The lowest BCUT2D eigenvalue weighted by atomic mass is 10.4. The Hall–Kier alpha value is -1.64. The molecule has 2 rings (SSSR count). The molecule has 7 nitrogen and oxygen atoms in total. The normalized spacial score (nSPS) is 11.9. The molecule has 0 aliphatic rings. The highest BCUT2D eigenvalue weighted by atomic mass is 32.2. The molecule has 0 atom stereocenters. The molecule has 0 aliphatic carbocycles. The third-order valence-corrected chi connectivity index (χ3v) is 4.12. The Morgan fingerprint density at radius 3 is 2.84 bits per heavy atom. The van der Waals surface area contributed by atoms with Gasteiger partial charge in [0.15, 0.2) is 0 Å². The van der Waals surface area contributed by atoms with Gasteiger partial charge >= 0.3 is 0 Å². The van der Waals surface area contributed by atoms with Crippen LogP contribution in [0.4, 0.5) is 0 Å². The lowest BCUT2D eigenvalue weighted by molar-refractivity contribution is 0.411. The van der Waals surface area contributed by atoms with Crippen LogP contribution in [0.5, 0.6) is 0 Å². The van der Waals surface area contributed by atoms with Crippen LogP contribution in [0.3, 0.4) is 0 Å². The average Bonchev–Trinajstić information content (AvgIpc) is 3.05. The van der Waals surface area contributed by atoms with Crippen molar-refractivity contribution < 1.29 is 12.9 Å². The molecule has 0 fully saturated rings. The summed E-state index contributed by atoms with van der Waals surface area (Å²) in [6, 6.07) is 3.18. The largest absolute Gasteiger partial charge is 0.364 e. The number of sulfonamides is 1. The van der Waals surface area contributed by atoms with Gasteiger partial charge in [-0.05, 0) is 13.0 Å². The van der Waals surface area contributed by atoms with E-state index in [-0.39, 0.29) is 11.4 Å². The van der Waals surface area contributed by atoms with Crippen molar-refractivity contribution in [1.82, 2.24) is 14.4 Å². The summed E-state index contributed by atoms with van der Waals surface area (Å²) < 4.78 is 33.1. The number of nitrogens with one attached hydrogen (secondary N) is 1. The summed E-state index contributed by atoms with van der Waals surface area (Å²) in [5.41, 5.74) is 6.88. The Labute approximate surface area is 111 Å². The monoisotopic (exact) mass is 284 g/mol. The van der Waals surface area contributed by atoms with E-state index in [4.69, 9.17) is 5.73 Å². The molecule has 2 aromatic heterocycles. The highest BCUT2D eigenvalue weighted by Crippen LogP contribution is 2.14. The second-order valence-electron chi connectivity index (χ2n) is 3.97. The van der Waals surface area contributed by atoms with Crippen LogP contribution in [0.1, 0.15) is 18.3 Å². The highest BCUT2D eigenvalue weighted by molar-refractivity contribution is 7.89. The first-order chi connectivity index (χ1) is 9.06. The minimum absolute atomic E-state index is 0.0914. The van der Waals surface area contributed by atoms with Crippen LogP contribution < -0.4 is 10.5 Å². The summed E-state index contributed by atoms with van der Waals surface area (Å²) in [5, 5.41) is 3.64. The fraction of sp³-hybridized carbons (Fsp3) is 0.364. The van der Waals surface area contributed by atoms with Gasteiger partial charge in [-0.1, -0.05) is 5.16 Å². The maximum atomic E-state index is 12.1. The molecule has 0 radical (unpaired) electrons. The third kappa shape index (κ3) is 3.03. The SMILES string of the molecule is CCn1cc(S(=O)(=O)NCc2ccon2)cc1CN. The molecular weight excluding hydrogens is 268 g/mol. The summed E-state index contributed by atoms with van der Waals surface area (Å²) in [6.45, 7) is 2.99. The van der Waals surface area contributed by atoms with E-state index in [0.717, 1.165) is 5.69 Å². The zero-order valence-electron chi connectivity index (χ0n) is 10.5. The number of aryl methyl sites for hydroxylation is 1. The number of nitrogens with two attached hydrogens (primary N) is 1. The molecular formula is C11H16N4O3S. The molecule has 0 saturated carbocycles. The van der Waals surface area contributed by atoms with E-state index < -0.39 is 10.0 Å². The van der Waals surface area contributed by atoms with Crippen molar-refractivity contribution in [2.75, 3.05) is 0 Å². The van der Waals surface area contributed by atoms with E-state index in [0.29, 0.717) is 18.8 Å². The number of hydrogen-bond donors (Lipinski definition) is 2. The summed E-state index contributed by atoms with van der Waals surface area (Å²) in [5.74, 6) is 0. The topological polar surface area (TPSA) is 103 Å². The molecule has 0 bridgehead atoms. The first-order valence-electron chi connectivity index (χ1n) is 5.85. The molecule has 3 N–H and O–H groups in total. The maximum Gasteiger partial charge on any atom is 0.242 e. The predicted octanol–water partition coefficient (Wildman–Crippen LogP) is 0.433. The molecule has 19 heavy (non-hydrogen) atoms. The molecule has 0 amide bonds. The van der Waals surface area contributed by atoms with Crippen molar-refractivity contribution in [3.8, 4) is 0 Å². The quantitative estimate of drug-likeness (QED) is 0.800. The summed E-state index contributed by atoms with van der Waals surface area (Å²) in [7, 11) is -3.57. The Morgan fingerprint density at radius 2 is 2.32 bits per heavy atom. The summed E-state index contributed by atoms with van der Waals surface area (Å²) >= 11 is 0. The van der Waals surface area contributed by atoms with E-state index >= 15 is 0 Å². The van der Waals surface area contributed by atoms with Crippen LogP contribution in [-0.2, 0) is 29.7 Å². The van der Waals surface area contributed by atoms with Crippen molar-refractivity contribution in [2.24, 2.45) is 5.73 Å². The van der Waals surface area contributed by atoms with Gasteiger partial charge in [-0.15, -0.1) is 0 Å². The Bertz CT molecular complexity index is 609. The van der Waals surface area contributed by atoms with Crippen molar-refractivity contribution in [2.45, 2.75) is 31.5 Å². The first-order valence-corrected chi connectivity index (χ1v) is 7.33. The first kappa shape index (κ1) is 13.8.